The van der Waals surface area contributed by atoms with Crippen molar-refractivity contribution in [3.63, 3.8) is 0 Å². The number of rotatable bonds is 4. The van der Waals surface area contributed by atoms with Crippen LogP contribution in [0.3, 0.4) is 0 Å². The number of nitrogens with one attached hydrogen (secondary N) is 1. The van der Waals surface area contributed by atoms with Gasteiger partial charge in [-0.2, -0.15) is 0 Å². The van der Waals surface area contributed by atoms with Gasteiger partial charge < -0.3 is 9.73 Å². The van der Waals surface area contributed by atoms with Crippen LogP contribution in [0.25, 0.3) is 65.4 Å². The Labute approximate surface area is 282 Å². The highest BCUT2D eigenvalue weighted by Crippen LogP contribution is 2.43. The number of aliphatic imine (C=N–C) groups is 2. The Hall–Kier alpha value is -6.52. The first kappa shape index (κ1) is 27.6. The van der Waals surface area contributed by atoms with Crippen LogP contribution in [0, 0.1) is 0 Å². The highest BCUT2D eigenvalue weighted by atomic mass is 16.3. The molecule has 0 aliphatic carbocycles. The zero-order valence-electron chi connectivity index (χ0n) is 26.5. The maximum Gasteiger partial charge on any atom is 0.171 e. The topological polar surface area (TPSA) is 49.9 Å². The average Bonchev–Trinajstić information content (AvgIpc) is 3.53. The second kappa shape index (κ2) is 11.0. The first-order chi connectivity index (χ1) is 24.2. The molecule has 0 unspecified atom stereocenters. The molecule has 0 bridgehead atoms. The normalized spacial score (nSPS) is 13.6. The molecule has 9 aromatic rings. The van der Waals surface area contributed by atoms with Gasteiger partial charge in [0.25, 0.3) is 0 Å². The molecule has 49 heavy (non-hydrogen) atoms. The second-order valence-electron chi connectivity index (χ2n) is 12.6. The molecule has 0 saturated carbocycles. The van der Waals surface area contributed by atoms with Gasteiger partial charge in [-0.15, -0.1) is 0 Å². The van der Waals surface area contributed by atoms with Crippen molar-refractivity contribution in [1.82, 2.24) is 5.32 Å². The minimum Gasteiger partial charge on any atom is -0.456 e. The monoisotopic (exact) mass is 627 g/mol. The summed E-state index contributed by atoms with van der Waals surface area (Å²) in [6.07, 6.45) is -0.546. The third-order valence-corrected chi connectivity index (χ3v) is 9.67. The van der Waals surface area contributed by atoms with Crippen LogP contribution in [0.1, 0.15) is 22.9 Å². The van der Waals surface area contributed by atoms with Crippen LogP contribution >= 0.6 is 0 Å². The summed E-state index contributed by atoms with van der Waals surface area (Å²) in [5.74, 6) is 1.56. The standard InChI is InChI=1S/C45H29N3O/c1-2-12-30(13-3-1)37-22-23-39-41(38-26-33-16-8-9-17-34(33)27-40(38)49-39)42(37)45-47-43(35-20-18-28-10-4-6-14-31(28)24-35)46-44(48-45)36-21-19-29-11-5-7-15-32(29)25-36/h1-27,45H,(H,46,47,48). The van der Waals surface area contributed by atoms with E-state index >= 15 is 0 Å². The molecule has 1 N–H and O–H groups in total. The lowest BCUT2D eigenvalue weighted by atomic mass is 9.92. The van der Waals surface area contributed by atoms with Gasteiger partial charge in [-0.25, -0.2) is 9.98 Å². The van der Waals surface area contributed by atoms with Crippen LogP contribution in [0.2, 0.25) is 0 Å². The van der Waals surface area contributed by atoms with Crippen molar-refractivity contribution in [2.45, 2.75) is 6.17 Å². The Morgan fingerprint density at radius 1 is 0.429 bits per heavy atom. The fourth-order valence-electron chi connectivity index (χ4n) is 7.26. The molecule has 10 rings (SSSR count). The summed E-state index contributed by atoms with van der Waals surface area (Å²) < 4.78 is 6.59. The van der Waals surface area contributed by atoms with E-state index in [9.17, 15) is 0 Å². The number of amidine groups is 2. The summed E-state index contributed by atoms with van der Waals surface area (Å²) in [6, 6.07) is 57.5. The number of furan rings is 1. The highest BCUT2D eigenvalue weighted by Gasteiger charge is 2.27. The molecule has 4 heteroatoms. The van der Waals surface area contributed by atoms with Crippen molar-refractivity contribution in [2.75, 3.05) is 0 Å². The molecule has 2 heterocycles. The molecule has 0 atom stereocenters. The van der Waals surface area contributed by atoms with Gasteiger partial charge in [-0.3, -0.25) is 0 Å². The third-order valence-electron chi connectivity index (χ3n) is 9.67. The van der Waals surface area contributed by atoms with E-state index in [1.165, 1.54) is 16.2 Å². The molecule has 1 aromatic heterocycles. The van der Waals surface area contributed by atoms with E-state index in [1.54, 1.807) is 0 Å². The van der Waals surface area contributed by atoms with Crippen LogP contribution in [-0.2, 0) is 0 Å². The number of nitrogens with zero attached hydrogens (tertiary/aromatic N) is 2. The summed E-state index contributed by atoms with van der Waals surface area (Å²) in [7, 11) is 0. The Bertz CT molecular complexity index is 2710. The summed E-state index contributed by atoms with van der Waals surface area (Å²) >= 11 is 0. The quantitative estimate of drug-likeness (QED) is 0.211. The van der Waals surface area contributed by atoms with Gasteiger partial charge in [0.2, 0.25) is 0 Å². The van der Waals surface area contributed by atoms with Crippen LogP contribution < -0.4 is 5.32 Å². The van der Waals surface area contributed by atoms with E-state index in [4.69, 9.17) is 14.4 Å². The molecule has 1 aliphatic heterocycles. The minimum atomic E-state index is -0.546. The zero-order chi connectivity index (χ0) is 32.3. The minimum absolute atomic E-state index is 0.546. The lowest BCUT2D eigenvalue weighted by molar-refractivity contribution is 0.668. The molecule has 4 nitrogen and oxygen atoms in total. The van der Waals surface area contributed by atoms with Crippen molar-refractivity contribution in [2.24, 2.45) is 9.98 Å². The van der Waals surface area contributed by atoms with Crippen molar-refractivity contribution in [1.29, 1.82) is 0 Å². The van der Waals surface area contributed by atoms with Gasteiger partial charge >= 0.3 is 0 Å². The van der Waals surface area contributed by atoms with Crippen LogP contribution in [0.15, 0.2) is 178 Å². The predicted molar refractivity (Wildman–Crippen MR) is 204 cm³/mol. The smallest absolute Gasteiger partial charge is 0.171 e. The van der Waals surface area contributed by atoms with Crippen molar-refractivity contribution in [3.8, 4) is 11.1 Å². The number of hydrogen-bond acceptors (Lipinski definition) is 4. The molecule has 0 fully saturated rings. The molecule has 0 spiro atoms. The van der Waals surface area contributed by atoms with Gasteiger partial charge in [0, 0.05) is 27.5 Å². The number of hydrogen-bond donors (Lipinski definition) is 1. The van der Waals surface area contributed by atoms with Gasteiger partial charge in [0.15, 0.2) is 6.17 Å². The predicted octanol–water partition coefficient (Wildman–Crippen LogP) is 11.2. The molecule has 1 aliphatic rings. The zero-order valence-corrected chi connectivity index (χ0v) is 26.5. The lowest BCUT2D eigenvalue weighted by Crippen LogP contribution is -2.36. The van der Waals surface area contributed by atoms with E-state index in [-0.39, 0.29) is 0 Å². The first-order valence-electron chi connectivity index (χ1n) is 16.6. The summed E-state index contributed by atoms with van der Waals surface area (Å²) in [6.45, 7) is 0. The molecule has 0 radical (unpaired) electrons. The summed E-state index contributed by atoms with van der Waals surface area (Å²) in [4.78, 5) is 10.9. The largest absolute Gasteiger partial charge is 0.456 e. The van der Waals surface area contributed by atoms with Crippen LogP contribution in [0.5, 0.6) is 0 Å². The molecule has 8 aromatic carbocycles. The van der Waals surface area contributed by atoms with E-state index < -0.39 is 6.17 Å². The Kier molecular flexibility index (Phi) is 6.21. The number of benzene rings is 8. The van der Waals surface area contributed by atoms with Crippen molar-refractivity contribution < 1.29 is 4.42 Å². The third kappa shape index (κ3) is 4.68. The summed E-state index contributed by atoms with van der Waals surface area (Å²) in [5, 5.41) is 12.8. The van der Waals surface area contributed by atoms with Gasteiger partial charge in [-0.1, -0.05) is 133 Å². The van der Waals surface area contributed by atoms with Crippen molar-refractivity contribution in [3.05, 3.63) is 180 Å². The fourth-order valence-corrected chi connectivity index (χ4v) is 7.26. The maximum absolute atomic E-state index is 6.59. The SMILES string of the molecule is c1ccc(-c2ccc3oc4cc5ccccc5cc4c3c2C2N=C(c3ccc4ccccc4c3)NC(c3ccc4ccccc4c3)=N2)cc1. The Morgan fingerprint density at radius 3 is 1.57 bits per heavy atom. The highest BCUT2D eigenvalue weighted by molar-refractivity contribution is 6.18. The van der Waals surface area contributed by atoms with E-state index in [0.717, 1.165) is 77.6 Å². The van der Waals surface area contributed by atoms with Gasteiger partial charge in [0.05, 0.1) is 0 Å². The molecule has 0 saturated heterocycles. The Balaban J connectivity index is 1.26. The first-order valence-corrected chi connectivity index (χ1v) is 16.6. The van der Waals surface area contributed by atoms with Crippen molar-refractivity contribution >= 4 is 65.9 Å². The van der Waals surface area contributed by atoms with Gasteiger partial charge in [0.1, 0.15) is 22.8 Å². The Morgan fingerprint density at radius 2 is 0.959 bits per heavy atom. The van der Waals surface area contributed by atoms with E-state index in [0.29, 0.717) is 0 Å². The molecule has 0 amide bonds. The van der Waals surface area contributed by atoms with Crippen LogP contribution in [0.4, 0.5) is 0 Å². The van der Waals surface area contributed by atoms with Gasteiger partial charge in [-0.05, 0) is 73.8 Å². The fraction of sp³-hybridized carbons (Fsp3) is 0.0222. The molecular weight excluding hydrogens is 599 g/mol. The van der Waals surface area contributed by atoms with E-state index in [2.05, 4.69) is 169 Å². The van der Waals surface area contributed by atoms with Crippen LogP contribution in [-0.4, -0.2) is 11.7 Å². The average molecular weight is 628 g/mol. The molecular formula is C45H29N3O. The summed E-state index contributed by atoms with van der Waals surface area (Å²) in [5.41, 5.74) is 6.91. The number of fused-ring (bicyclic) bond motifs is 6. The second-order valence-corrected chi connectivity index (χ2v) is 12.6. The maximum atomic E-state index is 6.59. The van der Waals surface area contributed by atoms with E-state index in [1.807, 2.05) is 0 Å². The lowest BCUT2D eigenvalue weighted by Gasteiger charge is -2.24. The molecule has 230 valence electrons.